The molecule has 0 radical (unpaired) electrons. The van der Waals surface area contributed by atoms with Crippen LogP contribution in [0.1, 0.15) is 27.9 Å². The lowest BCUT2D eigenvalue weighted by Crippen LogP contribution is -2.23. The van der Waals surface area contributed by atoms with Gasteiger partial charge in [0, 0.05) is 18.1 Å². The lowest BCUT2D eigenvalue weighted by molar-refractivity contribution is 0.0946. The van der Waals surface area contributed by atoms with Gasteiger partial charge in [-0.3, -0.25) is 4.79 Å². The average molecular weight is 391 g/mol. The van der Waals surface area contributed by atoms with Gasteiger partial charge in [0.25, 0.3) is 5.91 Å². The molecule has 134 valence electrons. The van der Waals surface area contributed by atoms with Gasteiger partial charge in [0.2, 0.25) is 0 Å². The minimum absolute atomic E-state index is 0.232. The van der Waals surface area contributed by atoms with Gasteiger partial charge in [-0.2, -0.15) is 0 Å². The highest BCUT2D eigenvalue weighted by Crippen LogP contribution is 2.31. The normalized spacial score (nSPS) is 11.6. The molecule has 0 aliphatic rings. The Balaban J connectivity index is 1.84. The van der Waals surface area contributed by atoms with Crippen molar-refractivity contribution in [3.8, 4) is 10.0 Å². The molecule has 0 saturated carbocycles. The monoisotopic (exact) mass is 391 g/mol. The number of hydrogen-bond acceptors (Lipinski definition) is 5. The molecule has 8 heteroatoms. The number of allylic oxidation sites excluding steroid dienone is 1. The number of carbonyl (C=O) groups excluding carboxylic acids is 1. The molecule has 0 spiro atoms. The van der Waals surface area contributed by atoms with Crippen LogP contribution in [0.2, 0.25) is 0 Å². The van der Waals surface area contributed by atoms with Gasteiger partial charge >= 0.3 is 0 Å². The van der Waals surface area contributed by atoms with Crippen molar-refractivity contribution in [2.45, 2.75) is 13.5 Å². The largest absolute Gasteiger partial charge is 0.347 e. The van der Waals surface area contributed by atoms with Crippen molar-refractivity contribution in [2.75, 3.05) is 6.67 Å². The average Bonchev–Trinajstić information content (AvgIpc) is 3.30. The Kier molecular flexibility index (Phi) is 5.85. The van der Waals surface area contributed by atoms with E-state index < -0.39 is 6.67 Å². The summed E-state index contributed by atoms with van der Waals surface area (Å²) < 4.78 is 25.8. The van der Waals surface area contributed by atoms with Crippen LogP contribution in [0.25, 0.3) is 16.1 Å². The van der Waals surface area contributed by atoms with E-state index in [1.165, 1.54) is 34.8 Å². The maximum Gasteiger partial charge on any atom is 0.271 e. The molecular formula is C18H15F2N3OS2. The summed E-state index contributed by atoms with van der Waals surface area (Å²) in [5, 5.41) is 5.92. The molecule has 2 heterocycles. The summed E-state index contributed by atoms with van der Waals surface area (Å²) in [5.41, 5.74) is 1.51. The highest BCUT2D eigenvalue weighted by atomic mass is 32.1. The lowest BCUT2D eigenvalue weighted by atomic mass is 10.2. The number of nitrogens with zero attached hydrogens (tertiary/aromatic N) is 2. The summed E-state index contributed by atoms with van der Waals surface area (Å²) in [6.45, 7) is 1.30. The third-order valence-electron chi connectivity index (χ3n) is 3.44. The van der Waals surface area contributed by atoms with Crippen molar-refractivity contribution in [1.29, 1.82) is 0 Å². The first-order valence-corrected chi connectivity index (χ1v) is 9.43. The Morgan fingerprint density at radius 3 is 2.69 bits per heavy atom. The van der Waals surface area contributed by atoms with Crippen LogP contribution in [0.4, 0.5) is 8.78 Å². The van der Waals surface area contributed by atoms with Crippen LogP contribution in [0, 0.1) is 5.82 Å². The Morgan fingerprint density at radius 2 is 2.04 bits per heavy atom. The van der Waals surface area contributed by atoms with Crippen LogP contribution < -0.4 is 5.32 Å². The van der Waals surface area contributed by atoms with E-state index in [4.69, 9.17) is 0 Å². The Hall–Kier alpha value is -2.45. The second-order valence-electron chi connectivity index (χ2n) is 5.50. The van der Waals surface area contributed by atoms with Gasteiger partial charge in [-0.25, -0.2) is 18.7 Å². The quantitative estimate of drug-likeness (QED) is 0.662. The number of alkyl halides is 1. The predicted molar refractivity (Wildman–Crippen MR) is 100 cm³/mol. The fourth-order valence-electron chi connectivity index (χ4n) is 2.14. The molecule has 0 saturated heterocycles. The maximum atomic E-state index is 13.0. The second-order valence-corrected chi connectivity index (χ2v) is 7.43. The fraction of sp³-hybridized carbons (Fsp3) is 0.167. The molecule has 1 aromatic carbocycles. The number of nitrogens with one attached hydrogen (secondary N) is 1. The van der Waals surface area contributed by atoms with Crippen LogP contribution in [-0.4, -0.2) is 22.5 Å². The number of rotatable bonds is 6. The molecule has 1 amide bonds. The summed E-state index contributed by atoms with van der Waals surface area (Å²) in [5.74, 6) is -0.701. The molecule has 2 aromatic heterocycles. The number of amides is 1. The SMILES string of the molecule is CC(=Cc1sc(-c2nccs2)nc1C(=O)NCc1ccc(F)cc1)CF. The van der Waals surface area contributed by atoms with Crippen molar-refractivity contribution in [3.63, 3.8) is 0 Å². The van der Waals surface area contributed by atoms with Crippen LogP contribution in [0.5, 0.6) is 0 Å². The molecular weight excluding hydrogens is 376 g/mol. The molecule has 0 bridgehead atoms. The molecule has 1 N–H and O–H groups in total. The summed E-state index contributed by atoms with van der Waals surface area (Å²) >= 11 is 2.72. The number of halogens is 2. The minimum atomic E-state index is -0.596. The van der Waals surface area contributed by atoms with Crippen LogP contribution in [0.15, 0.2) is 41.4 Å². The first kappa shape index (κ1) is 18.3. The molecule has 0 aliphatic heterocycles. The van der Waals surface area contributed by atoms with E-state index in [9.17, 15) is 13.6 Å². The predicted octanol–water partition coefficient (Wildman–Crippen LogP) is 4.71. The first-order chi connectivity index (χ1) is 12.6. The highest BCUT2D eigenvalue weighted by Gasteiger charge is 2.19. The zero-order chi connectivity index (χ0) is 18.5. The molecule has 26 heavy (non-hydrogen) atoms. The van der Waals surface area contributed by atoms with Gasteiger partial charge in [-0.15, -0.1) is 22.7 Å². The van der Waals surface area contributed by atoms with Gasteiger partial charge in [-0.05, 0) is 36.3 Å². The van der Waals surface area contributed by atoms with E-state index in [-0.39, 0.29) is 24.0 Å². The number of aromatic nitrogens is 2. The van der Waals surface area contributed by atoms with Crippen molar-refractivity contribution >= 4 is 34.7 Å². The van der Waals surface area contributed by atoms with Crippen molar-refractivity contribution < 1.29 is 13.6 Å². The van der Waals surface area contributed by atoms with E-state index in [0.717, 1.165) is 5.56 Å². The zero-order valence-corrected chi connectivity index (χ0v) is 15.5. The summed E-state index contributed by atoms with van der Waals surface area (Å²) in [4.78, 5) is 21.8. The summed E-state index contributed by atoms with van der Waals surface area (Å²) in [6, 6.07) is 5.88. The highest BCUT2D eigenvalue weighted by molar-refractivity contribution is 7.21. The number of thiazole rings is 2. The summed E-state index contributed by atoms with van der Waals surface area (Å²) in [7, 11) is 0. The maximum absolute atomic E-state index is 13.0. The van der Waals surface area contributed by atoms with Crippen molar-refractivity contribution in [2.24, 2.45) is 0 Å². The number of carbonyl (C=O) groups is 1. The van der Waals surface area contributed by atoms with E-state index in [2.05, 4.69) is 15.3 Å². The zero-order valence-electron chi connectivity index (χ0n) is 13.8. The third-order valence-corrected chi connectivity index (χ3v) is 5.36. The fourth-order valence-corrected chi connectivity index (χ4v) is 3.91. The van der Waals surface area contributed by atoms with Gasteiger partial charge in [0.1, 0.15) is 18.2 Å². The molecule has 3 aromatic rings. The van der Waals surface area contributed by atoms with Crippen molar-refractivity contribution in [1.82, 2.24) is 15.3 Å². The van der Waals surface area contributed by atoms with Crippen LogP contribution in [-0.2, 0) is 6.54 Å². The van der Waals surface area contributed by atoms with Crippen molar-refractivity contribution in [3.05, 3.63) is 63.4 Å². The molecule has 4 nitrogen and oxygen atoms in total. The second kappa shape index (κ2) is 8.29. The Morgan fingerprint density at radius 1 is 1.27 bits per heavy atom. The van der Waals surface area contributed by atoms with E-state index in [1.54, 1.807) is 31.3 Å². The van der Waals surface area contributed by atoms with Crippen LogP contribution >= 0.6 is 22.7 Å². The van der Waals surface area contributed by atoms with Gasteiger partial charge < -0.3 is 5.32 Å². The summed E-state index contributed by atoms with van der Waals surface area (Å²) in [6.07, 6.45) is 3.29. The standard InChI is InChI=1S/C18H15F2N3OS2/c1-11(9-19)8-14-15(23-18(26-14)17-21-6-7-25-17)16(24)22-10-12-2-4-13(20)5-3-12/h2-8H,9-10H2,1H3,(H,22,24). The first-order valence-electron chi connectivity index (χ1n) is 7.73. The van der Waals surface area contributed by atoms with E-state index >= 15 is 0 Å². The van der Waals surface area contributed by atoms with Gasteiger partial charge in [0.15, 0.2) is 10.0 Å². The molecule has 3 rings (SSSR count). The van der Waals surface area contributed by atoms with E-state index in [0.29, 0.717) is 20.5 Å². The molecule has 0 fully saturated rings. The molecule has 0 aliphatic carbocycles. The molecule has 0 atom stereocenters. The van der Waals surface area contributed by atoms with E-state index in [1.807, 2.05) is 5.38 Å². The Labute approximate surface area is 157 Å². The number of hydrogen-bond donors (Lipinski definition) is 1. The Bertz CT molecular complexity index is 919. The topological polar surface area (TPSA) is 54.9 Å². The minimum Gasteiger partial charge on any atom is -0.347 e. The third kappa shape index (κ3) is 4.39. The van der Waals surface area contributed by atoms with Gasteiger partial charge in [-0.1, -0.05) is 12.1 Å². The smallest absolute Gasteiger partial charge is 0.271 e. The van der Waals surface area contributed by atoms with Gasteiger partial charge in [0.05, 0.1) is 4.88 Å². The number of benzene rings is 1. The van der Waals surface area contributed by atoms with Crippen LogP contribution in [0.3, 0.4) is 0 Å². The molecule has 0 unspecified atom stereocenters. The lowest BCUT2D eigenvalue weighted by Gasteiger charge is -2.04.